The summed E-state index contributed by atoms with van der Waals surface area (Å²) in [5, 5.41) is 0. The zero-order valence-corrected chi connectivity index (χ0v) is 11.6. The SMILES string of the molecule is O=C(C1CCCCN1C(=O)c1ccoc1)N1CCCC1. The lowest BCUT2D eigenvalue weighted by Crippen LogP contribution is -2.52. The maximum atomic E-state index is 12.6. The molecular formula is C15H20N2O3. The molecule has 1 aromatic heterocycles. The highest BCUT2D eigenvalue weighted by atomic mass is 16.3. The first-order valence-electron chi connectivity index (χ1n) is 7.39. The fourth-order valence-electron chi connectivity index (χ4n) is 3.13. The van der Waals surface area contributed by atoms with Crippen molar-refractivity contribution in [2.24, 2.45) is 0 Å². The van der Waals surface area contributed by atoms with Crippen LogP contribution in [0.25, 0.3) is 0 Å². The van der Waals surface area contributed by atoms with E-state index in [0.29, 0.717) is 12.1 Å². The number of hydrogen-bond acceptors (Lipinski definition) is 3. The highest BCUT2D eigenvalue weighted by molar-refractivity contribution is 5.97. The van der Waals surface area contributed by atoms with Crippen LogP contribution in [0.3, 0.4) is 0 Å². The van der Waals surface area contributed by atoms with E-state index in [1.165, 1.54) is 12.5 Å². The lowest BCUT2D eigenvalue weighted by molar-refractivity contribution is -0.136. The number of carbonyl (C=O) groups excluding carboxylic acids is 2. The molecular weight excluding hydrogens is 256 g/mol. The number of hydrogen-bond donors (Lipinski definition) is 0. The minimum atomic E-state index is -0.288. The van der Waals surface area contributed by atoms with Crippen molar-refractivity contribution in [1.29, 1.82) is 0 Å². The number of rotatable bonds is 2. The summed E-state index contributed by atoms with van der Waals surface area (Å²) in [5.41, 5.74) is 0.533. The van der Waals surface area contributed by atoms with Gasteiger partial charge in [0.05, 0.1) is 11.8 Å². The molecule has 0 radical (unpaired) electrons. The molecule has 0 N–H and O–H groups in total. The predicted octanol–water partition coefficient (Wildman–Crippen LogP) is 1.90. The minimum absolute atomic E-state index is 0.0870. The topological polar surface area (TPSA) is 53.8 Å². The Balaban J connectivity index is 1.76. The van der Waals surface area contributed by atoms with Gasteiger partial charge in [-0.2, -0.15) is 0 Å². The van der Waals surface area contributed by atoms with Crippen LogP contribution >= 0.6 is 0 Å². The van der Waals surface area contributed by atoms with E-state index in [0.717, 1.165) is 45.2 Å². The normalized spacial score (nSPS) is 23.1. The Kier molecular flexibility index (Phi) is 3.76. The highest BCUT2D eigenvalue weighted by Crippen LogP contribution is 2.23. The number of furan rings is 1. The van der Waals surface area contributed by atoms with Gasteiger partial charge in [0.1, 0.15) is 12.3 Å². The number of carbonyl (C=O) groups is 2. The van der Waals surface area contributed by atoms with Crippen molar-refractivity contribution in [3.8, 4) is 0 Å². The molecule has 1 aromatic rings. The third kappa shape index (κ3) is 2.44. The molecule has 2 amide bonds. The maximum Gasteiger partial charge on any atom is 0.257 e. The predicted molar refractivity (Wildman–Crippen MR) is 73.2 cm³/mol. The van der Waals surface area contributed by atoms with Crippen LogP contribution in [-0.2, 0) is 4.79 Å². The zero-order valence-electron chi connectivity index (χ0n) is 11.6. The Morgan fingerprint density at radius 3 is 2.55 bits per heavy atom. The molecule has 0 spiro atoms. The summed E-state index contributed by atoms with van der Waals surface area (Å²) in [6, 6.07) is 1.37. The molecule has 2 aliphatic rings. The Morgan fingerprint density at radius 2 is 1.85 bits per heavy atom. The molecule has 3 heterocycles. The number of piperidine rings is 1. The van der Waals surface area contributed by atoms with E-state index < -0.39 is 0 Å². The van der Waals surface area contributed by atoms with E-state index in [9.17, 15) is 9.59 Å². The van der Waals surface area contributed by atoms with E-state index in [-0.39, 0.29) is 17.9 Å². The molecule has 20 heavy (non-hydrogen) atoms. The van der Waals surface area contributed by atoms with Crippen LogP contribution < -0.4 is 0 Å². The lowest BCUT2D eigenvalue weighted by atomic mass is 10.00. The summed E-state index contributed by atoms with van der Waals surface area (Å²) < 4.78 is 4.98. The van der Waals surface area contributed by atoms with Gasteiger partial charge in [-0.05, 0) is 38.2 Å². The van der Waals surface area contributed by atoms with Crippen LogP contribution in [0.1, 0.15) is 42.5 Å². The summed E-state index contributed by atoms with van der Waals surface area (Å²) in [7, 11) is 0. The molecule has 2 saturated heterocycles. The molecule has 2 aliphatic heterocycles. The van der Waals surface area contributed by atoms with Crippen molar-refractivity contribution >= 4 is 11.8 Å². The van der Waals surface area contributed by atoms with Crippen LogP contribution in [-0.4, -0.2) is 47.3 Å². The molecule has 2 fully saturated rings. The average molecular weight is 276 g/mol. The average Bonchev–Trinajstić information content (AvgIpc) is 3.18. The maximum absolute atomic E-state index is 12.6. The monoisotopic (exact) mass is 276 g/mol. The molecule has 0 saturated carbocycles. The van der Waals surface area contributed by atoms with Gasteiger partial charge in [0.25, 0.3) is 5.91 Å². The molecule has 1 atom stereocenters. The van der Waals surface area contributed by atoms with E-state index in [1.807, 2.05) is 4.90 Å². The standard InChI is InChI=1S/C15H20N2O3/c18-14(12-6-10-20-11-12)17-9-2-1-5-13(17)15(19)16-7-3-4-8-16/h6,10-11,13H,1-5,7-9H2. The minimum Gasteiger partial charge on any atom is -0.472 e. The van der Waals surface area contributed by atoms with Crippen molar-refractivity contribution in [2.45, 2.75) is 38.1 Å². The Morgan fingerprint density at radius 1 is 1.10 bits per heavy atom. The van der Waals surface area contributed by atoms with E-state index in [4.69, 9.17) is 4.42 Å². The first-order valence-corrected chi connectivity index (χ1v) is 7.39. The quantitative estimate of drug-likeness (QED) is 0.829. The molecule has 5 heteroatoms. The first kappa shape index (κ1) is 13.2. The van der Waals surface area contributed by atoms with Gasteiger partial charge in [-0.15, -0.1) is 0 Å². The third-order valence-electron chi connectivity index (χ3n) is 4.23. The molecule has 0 aliphatic carbocycles. The Bertz CT molecular complexity index is 477. The number of nitrogens with zero attached hydrogens (tertiary/aromatic N) is 2. The number of likely N-dealkylation sites (tertiary alicyclic amines) is 2. The second-order valence-electron chi connectivity index (χ2n) is 5.55. The van der Waals surface area contributed by atoms with Crippen molar-refractivity contribution in [2.75, 3.05) is 19.6 Å². The summed E-state index contributed by atoms with van der Waals surface area (Å²) in [4.78, 5) is 28.7. The van der Waals surface area contributed by atoms with E-state index in [2.05, 4.69) is 0 Å². The first-order chi connectivity index (χ1) is 9.77. The molecule has 3 rings (SSSR count). The molecule has 5 nitrogen and oxygen atoms in total. The van der Waals surface area contributed by atoms with Gasteiger partial charge in [0, 0.05) is 19.6 Å². The van der Waals surface area contributed by atoms with E-state index >= 15 is 0 Å². The molecule has 0 bridgehead atoms. The summed E-state index contributed by atoms with van der Waals surface area (Å²) in [6.07, 6.45) is 7.86. The van der Waals surface area contributed by atoms with Crippen molar-refractivity contribution in [3.63, 3.8) is 0 Å². The molecule has 0 aromatic carbocycles. The van der Waals surface area contributed by atoms with Crippen LogP contribution in [0.15, 0.2) is 23.0 Å². The van der Waals surface area contributed by atoms with Gasteiger partial charge in [-0.1, -0.05) is 0 Å². The summed E-state index contributed by atoms with van der Waals surface area (Å²) >= 11 is 0. The fourth-order valence-corrected chi connectivity index (χ4v) is 3.13. The van der Waals surface area contributed by atoms with Crippen molar-refractivity contribution in [1.82, 2.24) is 9.80 Å². The summed E-state index contributed by atoms with van der Waals surface area (Å²) in [6.45, 7) is 2.33. The smallest absolute Gasteiger partial charge is 0.257 e. The van der Waals surface area contributed by atoms with Gasteiger partial charge in [-0.25, -0.2) is 0 Å². The Hall–Kier alpha value is -1.78. The van der Waals surface area contributed by atoms with Gasteiger partial charge >= 0.3 is 0 Å². The zero-order chi connectivity index (χ0) is 13.9. The van der Waals surface area contributed by atoms with Gasteiger partial charge < -0.3 is 14.2 Å². The van der Waals surface area contributed by atoms with Gasteiger partial charge in [0.15, 0.2) is 0 Å². The summed E-state index contributed by atoms with van der Waals surface area (Å²) in [5.74, 6) is 0.0371. The number of amides is 2. The Labute approximate surface area is 118 Å². The second-order valence-corrected chi connectivity index (χ2v) is 5.55. The van der Waals surface area contributed by atoms with Crippen LogP contribution in [0.2, 0.25) is 0 Å². The molecule has 108 valence electrons. The highest BCUT2D eigenvalue weighted by Gasteiger charge is 2.36. The van der Waals surface area contributed by atoms with Gasteiger partial charge in [-0.3, -0.25) is 9.59 Å². The van der Waals surface area contributed by atoms with Crippen LogP contribution in [0, 0.1) is 0 Å². The second kappa shape index (κ2) is 5.69. The lowest BCUT2D eigenvalue weighted by Gasteiger charge is -2.36. The van der Waals surface area contributed by atoms with Crippen LogP contribution in [0.4, 0.5) is 0 Å². The van der Waals surface area contributed by atoms with Gasteiger partial charge in [0.2, 0.25) is 5.91 Å². The van der Waals surface area contributed by atoms with E-state index in [1.54, 1.807) is 11.0 Å². The van der Waals surface area contributed by atoms with Crippen molar-refractivity contribution < 1.29 is 14.0 Å². The fraction of sp³-hybridized carbons (Fsp3) is 0.600. The largest absolute Gasteiger partial charge is 0.472 e. The molecule has 1 unspecified atom stereocenters. The van der Waals surface area contributed by atoms with Crippen molar-refractivity contribution in [3.05, 3.63) is 24.2 Å². The third-order valence-corrected chi connectivity index (χ3v) is 4.23. The van der Waals surface area contributed by atoms with Crippen LogP contribution in [0.5, 0.6) is 0 Å².